The van der Waals surface area contributed by atoms with Gasteiger partial charge in [-0.2, -0.15) is 13.2 Å². The van der Waals surface area contributed by atoms with Gasteiger partial charge in [-0.15, -0.1) is 0 Å². The Bertz CT molecular complexity index is 945. The van der Waals surface area contributed by atoms with Gasteiger partial charge < -0.3 is 15.4 Å². The van der Waals surface area contributed by atoms with Crippen LogP contribution in [0.5, 0.6) is 0 Å². The van der Waals surface area contributed by atoms with Gasteiger partial charge >= 0.3 is 12.3 Å². The van der Waals surface area contributed by atoms with Crippen LogP contribution in [0.1, 0.15) is 37.5 Å². The van der Waals surface area contributed by atoms with E-state index in [1.54, 1.807) is 51.1 Å². The molecule has 0 radical (unpaired) electrons. The van der Waals surface area contributed by atoms with Gasteiger partial charge in [0.15, 0.2) is 0 Å². The summed E-state index contributed by atoms with van der Waals surface area (Å²) < 4.78 is 45.2. The van der Waals surface area contributed by atoms with Crippen molar-refractivity contribution in [3.8, 4) is 0 Å². The molecule has 1 aliphatic heterocycles. The molecule has 160 valence electrons. The summed E-state index contributed by atoms with van der Waals surface area (Å²) in [6.07, 6.45) is -5.33. The number of amides is 2. The van der Waals surface area contributed by atoms with E-state index in [-0.39, 0.29) is 5.56 Å². The number of thioether (sulfide) groups is 1. The van der Waals surface area contributed by atoms with Crippen molar-refractivity contribution in [3.05, 3.63) is 71.3 Å². The fraction of sp³-hybridized carbons (Fsp3) is 0.333. The summed E-state index contributed by atoms with van der Waals surface area (Å²) in [4.78, 5) is 23.5. The second-order valence-electron chi connectivity index (χ2n) is 7.85. The van der Waals surface area contributed by atoms with Crippen LogP contribution >= 0.6 is 11.8 Å². The smallest absolute Gasteiger partial charge is 0.416 e. The van der Waals surface area contributed by atoms with Gasteiger partial charge in [0, 0.05) is 5.54 Å². The SMILES string of the molecule is CC(C)(C)NC(=O)OC1SC(c2ccccc2)(c2cccc(C(F)(F)F)c2)NC1=O. The first kappa shape index (κ1) is 22.0. The van der Waals surface area contributed by atoms with Crippen LogP contribution in [-0.4, -0.2) is 23.0 Å². The Kier molecular flexibility index (Phi) is 5.77. The molecule has 2 N–H and O–H groups in total. The van der Waals surface area contributed by atoms with E-state index in [1.807, 2.05) is 0 Å². The number of nitrogens with one attached hydrogen (secondary N) is 2. The molecule has 0 aromatic heterocycles. The van der Waals surface area contributed by atoms with Crippen molar-refractivity contribution in [2.75, 3.05) is 0 Å². The van der Waals surface area contributed by atoms with Crippen LogP contribution in [0.25, 0.3) is 0 Å². The summed E-state index contributed by atoms with van der Waals surface area (Å²) in [5.74, 6) is -0.606. The minimum absolute atomic E-state index is 0.226. The summed E-state index contributed by atoms with van der Waals surface area (Å²) >= 11 is 0.935. The third kappa shape index (κ3) is 4.72. The largest absolute Gasteiger partial charge is 0.425 e. The number of benzene rings is 2. The third-order valence-corrected chi connectivity index (χ3v) is 5.72. The molecule has 2 unspecified atom stereocenters. The van der Waals surface area contributed by atoms with Crippen LogP contribution in [0.3, 0.4) is 0 Å². The molecule has 2 amide bonds. The number of rotatable bonds is 3. The highest BCUT2D eigenvalue weighted by atomic mass is 32.2. The van der Waals surface area contributed by atoms with E-state index in [2.05, 4.69) is 10.6 Å². The molecule has 1 fully saturated rings. The molecule has 2 atom stereocenters. The zero-order valence-electron chi connectivity index (χ0n) is 16.5. The van der Waals surface area contributed by atoms with E-state index in [9.17, 15) is 22.8 Å². The van der Waals surface area contributed by atoms with Crippen LogP contribution in [0.15, 0.2) is 54.6 Å². The molecule has 0 aliphatic carbocycles. The zero-order valence-corrected chi connectivity index (χ0v) is 17.4. The summed E-state index contributed by atoms with van der Waals surface area (Å²) in [6.45, 7) is 5.27. The van der Waals surface area contributed by atoms with Gasteiger partial charge in [-0.3, -0.25) is 4.79 Å². The normalized spacial score (nSPS) is 21.8. The Morgan fingerprint density at radius 1 is 1.07 bits per heavy atom. The van der Waals surface area contributed by atoms with Gasteiger partial charge in [-0.1, -0.05) is 54.2 Å². The maximum absolute atomic E-state index is 13.3. The fourth-order valence-electron chi connectivity index (χ4n) is 3.02. The zero-order chi connectivity index (χ0) is 22.2. The van der Waals surface area contributed by atoms with Crippen molar-refractivity contribution < 1.29 is 27.5 Å². The summed E-state index contributed by atoms with van der Waals surface area (Å²) in [5, 5.41) is 5.35. The molecule has 0 saturated carbocycles. The van der Waals surface area contributed by atoms with Crippen molar-refractivity contribution in [2.24, 2.45) is 0 Å². The van der Waals surface area contributed by atoms with Gasteiger partial charge in [0.05, 0.1) is 5.56 Å². The predicted octanol–water partition coefficient (Wildman–Crippen LogP) is 4.62. The standard InChI is InChI=1S/C21H21F3N2O3S/c1-19(2,3)26-18(28)29-17-16(27)25-20(30-17,13-8-5-4-6-9-13)14-10-7-11-15(12-14)21(22,23)24/h4-12,17H,1-3H3,(H,25,27)(H,26,28). The molecule has 2 aromatic carbocycles. The Balaban J connectivity index is 2.00. The highest BCUT2D eigenvalue weighted by molar-refractivity contribution is 8.02. The van der Waals surface area contributed by atoms with Crippen molar-refractivity contribution in [1.29, 1.82) is 0 Å². The monoisotopic (exact) mass is 438 g/mol. The van der Waals surface area contributed by atoms with E-state index in [0.29, 0.717) is 5.56 Å². The van der Waals surface area contributed by atoms with Crippen molar-refractivity contribution in [2.45, 2.75) is 42.8 Å². The molecule has 0 spiro atoms. The Morgan fingerprint density at radius 2 is 1.70 bits per heavy atom. The van der Waals surface area contributed by atoms with Gasteiger partial charge in [-0.05, 0) is 44.0 Å². The molecule has 30 heavy (non-hydrogen) atoms. The van der Waals surface area contributed by atoms with E-state index in [1.165, 1.54) is 12.1 Å². The lowest BCUT2D eigenvalue weighted by molar-refractivity contribution is -0.137. The van der Waals surface area contributed by atoms with Gasteiger partial charge in [0.25, 0.3) is 5.91 Å². The Labute approximate surface area is 176 Å². The highest BCUT2D eigenvalue weighted by Gasteiger charge is 2.50. The third-order valence-electron chi connectivity index (χ3n) is 4.26. The first-order valence-electron chi connectivity index (χ1n) is 9.13. The van der Waals surface area contributed by atoms with E-state index >= 15 is 0 Å². The molecular weight excluding hydrogens is 417 g/mol. The number of alkyl carbamates (subject to hydrolysis) is 1. The number of alkyl halides is 3. The first-order chi connectivity index (χ1) is 13.9. The van der Waals surface area contributed by atoms with Gasteiger partial charge in [0.2, 0.25) is 5.44 Å². The van der Waals surface area contributed by atoms with E-state index in [4.69, 9.17) is 4.74 Å². The van der Waals surface area contributed by atoms with Gasteiger partial charge in [-0.25, -0.2) is 4.79 Å². The van der Waals surface area contributed by atoms with Crippen LogP contribution in [0, 0.1) is 0 Å². The minimum Gasteiger partial charge on any atom is -0.425 e. The average Bonchev–Trinajstić information content (AvgIpc) is 2.98. The molecule has 3 rings (SSSR count). The van der Waals surface area contributed by atoms with Crippen molar-refractivity contribution in [3.63, 3.8) is 0 Å². The summed E-state index contributed by atoms with van der Waals surface area (Å²) in [5.41, 5.74) is -1.86. The molecular formula is C21H21F3N2O3S. The molecule has 1 saturated heterocycles. The predicted molar refractivity (Wildman–Crippen MR) is 108 cm³/mol. The first-order valence-corrected chi connectivity index (χ1v) is 10.0. The van der Waals surface area contributed by atoms with Crippen LogP contribution in [-0.2, 0) is 20.6 Å². The van der Waals surface area contributed by atoms with Crippen LogP contribution in [0.2, 0.25) is 0 Å². The average molecular weight is 438 g/mol. The summed E-state index contributed by atoms with van der Waals surface area (Å²) in [7, 11) is 0. The molecule has 2 aromatic rings. The summed E-state index contributed by atoms with van der Waals surface area (Å²) in [6, 6.07) is 13.4. The fourth-order valence-corrected chi connectivity index (χ4v) is 4.34. The number of carbonyl (C=O) groups is 2. The van der Waals surface area contributed by atoms with E-state index < -0.39 is 39.6 Å². The molecule has 0 bridgehead atoms. The highest BCUT2D eigenvalue weighted by Crippen LogP contribution is 2.48. The lowest BCUT2D eigenvalue weighted by Gasteiger charge is -2.30. The number of halogens is 3. The number of hydrogen-bond donors (Lipinski definition) is 2. The number of ether oxygens (including phenoxy) is 1. The Hall–Kier alpha value is -2.68. The Morgan fingerprint density at radius 3 is 2.30 bits per heavy atom. The lowest BCUT2D eigenvalue weighted by Crippen LogP contribution is -2.43. The van der Waals surface area contributed by atoms with Crippen LogP contribution < -0.4 is 10.6 Å². The molecule has 1 heterocycles. The van der Waals surface area contributed by atoms with Crippen molar-refractivity contribution in [1.82, 2.24) is 10.6 Å². The molecule has 1 aliphatic rings. The lowest BCUT2D eigenvalue weighted by atomic mass is 9.96. The maximum atomic E-state index is 13.3. The topological polar surface area (TPSA) is 67.4 Å². The van der Waals surface area contributed by atoms with E-state index in [0.717, 1.165) is 23.9 Å². The van der Waals surface area contributed by atoms with Crippen molar-refractivity contribution >= 4 is 23.8 Å². The van der Waals surface area contributed by atoms with Gasteiger partial charge in [0.1, 0.15) is 4.87 Å². The number of carbonyl (C=O) groups excluding carboxylic acids is 2. The quantitative estimate of drug-likeness (QED) is 0.734. The molecule has 9 heteroatoms. The maximum Gasteiger partial charge on any atom is 0.416 e. The van der Waals surface area contributed by atoms with Crippen LogP contribution in [0.4, 0.5) is 18.0 Å². The number of hydrogen-bond acceptors (Lipinski definition) is 4. The second kappa shape index (κ2) is 7.86. The second-order valence-corrected chi connectivity index (χ2v) is 9.12. The minimum atomic E-state index is -4.54. The molecule has 5 nitrogen and oxygen atoms in total.